The summed E-state index contributed by atoms with van der Waals surface area (Å²) in [6, 6.07) is 1.81. The van der Waals surface area contributed by atoms with Crippen molar-refractivity contribution < 1.29 is 8.42 Å². The van der Waals surface area contributed by atoms with Crippen LogP contribution in [0.1, 0.15) is 26.2 Å². The molecule has 0 saturated carbocycles. The van der Waals surface area contributed by atoms with Gasteiger partial charge in [0.05, 0.1) is 6.07 Å². The van der Waals surface area contributed by atoms with E-state index in [1.165, 1.54) is 4.31 Å². The van der Waals surface area contributed by atoms with Crippen LogP contribution in [0.3, 0.4) is 0 Å². The van der Waals surface area contributed by atoms with Gasteiger partial charge in [-0.25, -0.2) is 8.42 Å². The van der Waals surface area contributed by atoms with Gasteiger partial charge in [0.25, 0.3) is 0 Å². The van der Waals surface area contributed by atoms with Crippen molar-refractivity contribution in [2.75, 3.05) is 25.4 Å². The highest BCUT2D eigenvalue weighted by Crippen LogP contribution is 2.16. The highest BCUT2D eigenvalue weighted by molar-refractivity contribution is 7.89. The molecule has 6 heteroatoms. The second-order valence-electron chi connectivity index (χ2n) is 4.01. The van der Waals surface area contributed by atoms with Gasteiger partial charge >= 0.3 is 0 Å². The molecule has 1 aliphatic rings. The normalized spacial score (nSPS) is 18.6. The molecule has 0 aromatic carbocycles. The molecule has 0 amide bonds. The molecule has 0 bridgehead atoms. The van der Waals surface area contributed by atoms with E-state index in [4.69, 9.17) is 5.26 Å². The molecule has 0 radical (unpaired) electrons. The van der Waals surface area contributed by atoms with E-state index in [1.54, 1.807) is 6.07 Å². The minimum Gasteiger partial charge on any atom is -0.317 e. The zero-order valence-electron chi connectivity index (χ0n) is 9.65. The quantitative estimate of drug-likeness (QED) is 0.756. The van der Waals surface area contributed by atoms with E-state index in [0.29, 0.717) is 6.54 Å². The molecule has 0 unspecified atom stereocenters. The Morgan fingerprint density at radius 1 is 1.44 bits per heavy atom. The van der Waals surface area contributed by atoms with Crippen molar-refractivity contribution in [1.29, 1.82) is 5.26 Å². The molecule has 92 valence electrons. The van der Waals surface area contributed by atoms with Gasteiger partial charge < -0.3 is 5.32 Å². The Kier molecular flexibility index (Phi) is 5.19. The second-order valence-corrected chi connectivity index (χ2v) is 5.93. The van der Waals surface area contributed by atoms with Crippen molar-refractivity contribution >= 4 is 10.0 Å². The van der Waals surface area contributed by atoms with Crippen molar-refractivity contribution in [3.8, 4) is 6.07 Å². The summed E-state index contributed by atoms with van der Waals surface area (Å²) in [5.74, 6) is -0.406. The number of hydrogen-bond donors (Lipinski definition) is 1. The van der Waals surface area contributed by atoms with Gasteiger partial charge in [-0.3, -0.25) is 0 Å². The third kappa shape index (κ3) is 3.44. The lowest BCUT2D eigenvalue weighted by molar-refractivity contribution is 0.263. The number of hydrogen-bond acceptors (Lipinski definition) is 4. The van der Waals surface area contributed by atoms with E-state index in [-0.39, 0.29) is 6.04 Å². The fourth-order valence-electron chi connectivity index (χ4n) is 2.03. The first kappa shape index (κ1) is 13.4. The molecular weight excluding hydrogens is 226 g/mol. The molecule has 1 saturated heterocycles. The Labute approximate surface area is 97.5 Å². The smallest absolute Gasteiger partial charge is 0.227 e. The Balaban J connectivity index is 2.77. The van der Waals surface area contributed by atoms with E-state index in [2.05, 4.69) is 5.32 Å². The lowest BCUT2D eigenvalue weighted by Crippen LogP contribution is -2.47. The first-order valence-electron chi connectivity index (χ1n) is 5.69. The number of rotatable bonds is 5. The van der Waals surface area contributed by atoms with E-state index >= 15 is 0 Å². The third-order valence-electron chi connectivity index (χ3n) is 2.76. The molecule has 16 heavy (non-hydrogen) atoms. The highest BCUT2D eigenvalue weighted by Gasteiger charge is 2.29. The van der Waals surface area contributed by atoms with E-state index in [1.807, 2.05) is 6.92 Å². The molecule has 1 heterocycles. The first-order chi connectivity index (χ1) is 7.61. The largest absolute Gasteiger partial charge is 0.317 e. The summed E-state index contributed by atoms with van der Waals surface area (Å²) >= 11 is 0. The van der Waals surface area contributed by atoms with E-state index in [0.717, 1.165) is 32.4 Å². The minimum absolute atomic E-state index is 0.0690. The van der Waals surface area contributed by atoms with Crippen molar-refractivity contribution in [3.05, 3.63) is 0 Å². The summed E-state index contributed by atoms with van der Waals surface area (Å²) in [5, 5.41) is 11.8. The molecule has 0 aromatic rings. The lowest BCUT2D eigenvalue weighted by Gasteiger charge is -2.32. The molecule has 0 spiro atoms. The number of piperidine rings is 1. The number of nitrogens with one attached hydrogen (secondary N) is 1. The van der Waals surface area contributed by atoms with Crippen molar-refractivity contribution in [2.45, 2.75) is 32.2 Å². The molecule has 1 fully saturated rings. The predicted octanol–water partition coefficient (Wildman–Crippen LogP) is 0.304. The van der Waals surface area contributed by atoms with Gasteiger partial charge in [0.2, 0.25) is 10.0 Å². The van der Waals surface area contributed by atoms with Gasteiger partial charge in [0, 0.05) is 12.6 Å². The molecule has 1 N–H and O–H groups in total. The van der Waals surface area contributed by atoms with Gasteiger partial charge in [-0.15, -0.1) is 0 Å². The van der Waals surface area contributed by atoms with Gasteiger partial charge in [-0.05, 0) is 32.4 Å². The maximum absolute atomic E-state index is 11.9. The Morgan fingerprint density at radius 3 is 2.56 bits per heavy atom. The number of nitrogens with zero attached hydrogens (tertiary/aromatic N) is 2. The minimum atomic E-state index is -3.39. The maximum atomic E-state index is 11.9. The predicted molar refractivity (Wildman–Crippen MR) is 62.3 cm³/mol. The Bertz CT molecular complexity index is 342. The van der Waals surface area contributed by atoms with Crippen molar-refractivity contribution in [2.24, 2.45) is 0 Å². The van der Waals surface area contributed by atoms with Gasteiger partial charge in [0.15, 0.2) is 5.75 Å². The molecule has 0 atom stereocenters. The topological polar surface area (TPSA) is 73.2 Å². The third-order valence-corrected chi connectivity index (χ3v) is 4.45. The first-order valence-corrected chi connectivity index (χ1v) is 7.30. The molecule has 0 aliphatic carbocycles. The van der Waals surface area contributed by atoms with Crippen molar-refractivity contribution in [3.63, 3.8) is 0 Å². The molecule has 5 nitrogen and oxygen atoms in total. The van der Waals surface area contributed by atoms with Gasteiger partial charge in [-0.2, -0.15) is 9.57 Å². The molecule has 1 rings (SSSR count). The molecule has 0 aromatic heterocycles. The van der Waals surface area contributed by atoms with Crippen LogP contribution >= 0.6 is 0 Å². The number of sulfonamides is 1. The zero-order chi connectivity index (χ0) is 12.0. The zero-order valence-corrected chi connectivity index (χ0v) is 10.5. The van der Waals surface area contributed by atoms with Crippen LogP contribution < -0.4 is 5.32 Å². The fraction of sp³-hybridized carbons (Fsp3) is 0.900. The summed E-state index contributed by atoms with van der Waals surface area (Å²) in [4.78, 5) is 0. The lowest BCUT2D eigenvalue weighted by atomic mass is 10.1. The summed E-state index contributed by atoms with van der Waals surface area (Å²) in [6.07, 6.45) is 2.46. The Morgan fingerprint density at radius 2 is 2.06 bits per heavy atom. The SMILES string of the molecule is CCCN(C1CCNCC1)S(=O)(=O)CC#N. The van der Waals surface area contributed by atoms with Crippen LogP contribution in [0.25, 0.3) is 0 Å². The molecular formula is C10H19N3O2S. The van der Waals surface area contributed by atoms with Gasteiger partial charge in [0.1, 0.15) is 0 Å². The standard InChI is InChI=1S/C10H19N3O2S/c1-2-8-13(16(14,15)9-5-11)10-3-6-12-7-4-10/h10,12H,2-4,6-9H2,1H3. The van der Waals surface area contributed by atoms with Crippen LogP contribution in [-0.4, -0.2) is 44.2 Å². The number of nitriles is 1. The van der Waals surface area contributed by atoms with E-state index in [9.17, 15) is 8.42 Å². The van der Waals surface area contributed by atoms with Crippen molar-refractivity contribution in [1.82, 2.24) is 9.62 Å². The van der Waals surface area contributed by atoms with Gasteiger partial charge in [-0.1, -0.05) is 6.92 Å². The highest BCUT2D eigenvalue weighted by atomic mass is 32.2. The summed E-state index contributed by atoms with van der Waals surface area (Å²) in [6.45, 7) is 4.19. The average Bonchev–Trinajstić information content (AvgIpc) is 2.27. The monoisotopic (exact) mass is 245 g/mol. The summed E-state index contributed by atoms with van der Waals surface area (Å²) < 4.78 is 25.3. The van der Waals surface area contributed by atoms with Crippen LogP contribution in [0.5, 0.6) is 0 Å². The van der Waals surface area contributed by atoms with Crippen LogP contribution in [0.15, 0.2) is 0 Å². The summed E-state index contributed by atoms with van der Waals surface area (Å²) in [7, 11) is -3.39. The Hall–Kier alpha value is -0.640. The van der Waals surface area contributed by atoms with Crippen LogP contribution in [0, 0.1) is 11.3 Å². The fourth-order valence-corrected chi connectivity index (χ4v) is 3.48. The maximum Gasteiger partial charge on any atom is 0.227 e. The van der Waals surface area contributed by atoms with E-state index < -0.39 is 15.8 Å². The molecule has 1 aliphatic heterocycles. The second kappa shape index (κ2) is 6.18. The van der Waals surface area contributed by atoms with Crippen LogP contribution in [0.4, 0.5) is 0 Å². The summed E-state index contributed by atoms with van der Waals surface area (Å²) in [5.41, 5.74) is 0. The van der Waals surface area contributed by atoms with Crippen LogP contribution in [0.2, 0.25) is 0 Å². The average molecular weight is 245 g/mol. The van der Waals surface area contributed by atoms with Crippen LogP contribution in [-0.2, 0) is 10.0 Å².